The summed E-state index contributed by atoms with van der Waals surface area (Å²) in [4.78, 5) is 28.1. The minimum atomic E-state index is -0.787. The molecule has 2 aromatic carbocycles. The third-order valence-corrected chi connectivity index (χ3v) is 5.26. The van der Waals surface area contributed by atoms with E-state index in [1.165, 1.54) is 21.9 Å². The van der Waals surface area contributed by atoms with Crippen LogP contribution in [0.2, 0.25) is 10.0 Å². The van der Waals surface area contributed by atoms with Gasteiger partial charge in [0.25, 0.3) is 5.91 Å². The van der Waals surface area contributed by atoms with Crippen LogP contribution in [-0.4, -0.2) is 52.4 Å². The third kappa shape index (κ3) is 4.21. The Labute approximate surface area is 178 Å². The Hall–Kier alpha value is -3.01. The molecule has 0 saturated carbocycles. The van der Waals surface area contributed by atoms with Gasteiger partial charge in [-0.25, -0.2) is 0 Å². The van der Waals surface area contributed by atoms with Crippen LogP contribution >= 0.6 is 23.2 Å². The average molecular weight is 430 g/mol. The van der Waals surface area contributed by atoms with Gasteiger partial charge in [-0.15, -0.1) is 0 Å². The zero-order valence-electron chi connectivity index (χ0n) is 15.3. The summed E-state index contributed by atoms with van der Waals surface area (Å²) in [5.74, 6) is -0.891. The zero-order valence-corrected chi connectivity index (χ0v) is 16.8. The Morgan fingerprint density at radius 1 is 1.21 bits per heavy atom. The highest BCUT2D eigenvalue weighted by atomic mass is 35.5. The van der Waals surface area contributed by atoms with Crippen molar-refractivity contribution in [1.29, 1.82) is 5.26 Å². The Bertz CT molecular complexity index is 1020. The van der Waals surface area contributed by atoms with Crippen molar-refractivity contribution in [3.8, 4) is 22.9 Å². The van der Waals surface area contributed by atoms with Gasteiger partial charge in [-0.3, -0.25) is 9.59 Å². The average Bonchev–Trinajstić information content (AvgIpc) is 2.72. The molecule has 1 unspecified atom stereocenters. The molecule has 8 heteroatoms. The summed E-state index contributed by atoms with van der Waals surface area (Å²) in [5.41, 5.74) is 1.34. The zero-order chi connectivity index (χ0) is 21.1. The second-order valence-corrected chi connectivity index (χ2v) is 7.33. The molecule has 2 aromatic rings. The van der Waals surface area contributed by atoms with Gasteiger partial charge in [-0.05, 0) is 35.9 Å². The lowest BCUT2D eigenvalue weighted by Crippen LogP contribution is -2.55. The molecule has 1 fully saturated rings. The fraction of sp³-hybridized carbons (Fsp3) is 0.190. The largest absolute Gasteiger partial charge is 0.508 e. The van der Waals surface area contributed by atoms with Gasteiger partial charge in [-0.2, -0.15) is 5.26 Å². The van der Waals surface area contributed by atoms with Gasteiger partial charge in [-0.1, -0.05) is 41.9 Å². The molecule has 1 atom stereocenters. The van der Waals surface area contributed by atoms with Crippen molar-refractivity contribution in [2.24, 2.45) is 0 Å². The van der Waals surface area contributed by atoms with Gasteiger partial charge >= 0.3 is 0 Å². The summed E-state index contributed by atoms with van der Waals surface area (Å²) in [5, 5.41) is 20.2. The van der Waals surface area contributed by atoms with Crippen molar-refractivity contribution in [1.82, 2.24) is 9.80 Å². The molecule has 0 aromatic heterocycles. The topological polar surface area (TPSA) is 84.6 Å². The van der Waals surface area contributed by atoms with Gasteiger partial charge in [0.2, 0.25) is 5.91 Å². The Morgan fingerprint density at radius 3 is 2.52 bits per heavy atom. The first-order valence-electron chi connectivity index (χ1n) is 8.76. The number of halogens is 2. The molecule has 3 rings (SSSR count). The van der Waals surface area contributed by atoms with E-state index in [-0.39, 0.29) is 41.9 Å². The SMILES string of the molecule is C=CC(=O)N1CCN(C(=O)c2cc(O)cc(Cl)c2-c2ccc(Cl)cc2)CC1C#N. The monoisotopic (exact) mass is 429 g/mol. The molecule has 0 aliphatic carbocycles. The van der Waals surface area contributed by atoms with Crippen LogP contribution in [0.25, 0.3) is 11.1 Å². The molecule has 0 radical (unpaired) electrons. The number of amides is 2. The molecule has 148 valence electrons. The number of phenolic OH excluding ortho intramolecular Hbond substituents is 1. The summed E-state index contributed by atoms with van der Waals surface area (Å²) in [6.45, 7) is 3.93. The lowest BCUT2D eigenvalue weighted by Gasteiger charge is -2.38. The van der Waals surface area contributed by atoms with E-state index in [4.69, 9.17) is 23.2 Å². The van der Waals surface area contributed by atoms with Crippen molar-refractivity contribution >= 4 is 35.0 Å². The molecular weight excluding hydrogens is 413 g/mol. The van der Waals surface area contributed by atoms with Crippen molar-refractivity contribution in [3.63, 3.8) is 0 Å². The highest BCUT2D eigenvalue weighted by Gasteiger charge is 2.33. The molecule has 29 heavy (non-hydrogen) atoms. The van der Waals surface area contributed by atoms with Crippen molar-refractivity contribution in [2.45, 2.75) is 6.04 Å². The van der Waals surface area contributed by atoms with Crippen molar-refractivity contribution in [2.75, 3.05) is 19.6 Å². The number of carbonyl (C=O) groups is 2. The van der Waals surface area contributed by atoms with E-state index in [2.05, 4.69) is 12.6 Å². The van der Waals surface area contributed by atoms with Crippen LogP contribution in [0.15, 0.2) is 49.1 Å². The maximum absolute atomic E-state index is 13.3. The van der Waals surface area contributed by atoms with E-state index in [1.54, 1.807) is 24.3 Å². The number of rotatable bonds is 3. The normalized spacial score (nSPS) is 16.2. The van der Waals surface area contributed by atoms with Crippen LogP contribution in [0.4, 0.5) is 0 Å². The number of carbonyl (C=O) groups excluding carboxylic acids is 2. The van der Waals surface area contributed by atoms with Gasteiger partial charge in [0.15, 0.2) is 0 Å². The van der Waals surface area contributed by atoms with Gasteiger partial charge < -0.3 is 14.9 Å². The number of hydrogen-bond donors (Lipinski definition) is 1. The fourth-order valence-corrected chi connectivity index (χ4v) is 3.75. The first-order chi connectivity index (χ1) is 13.8. The van der Waals surface area contributed by atoms with Gasteiger partial charge in [0.1, 0.15) is 11.8 Å². The first-order valence-corrected chi connectivity index (χ1v) is 9.51. The summed E-state index contributed by atoms with van der Waals surface area (Å²) in [6.07, 6.45) is 1.15. The second-order valence-electron chi connectivity index (χ2n) is 6.49. The second kappa shape index (κ2) is 8.56. The molecule has 1 heterocycles. The molecule has 6 nitrogen and oxygen atoms in total. The molecular formula is C21H17Cl2N3O3. The standard InChI is InChI=1S/C21H17Cl2N3O3/c1-2-19(28)26-8-7-25(12-15(26)11-24)21(29)17-9-16(27)10-18(23)20(17)13-3-5-14(22)6-4-13/h2-6,9-10,15,27H,1,7-8,12H2. The van der Waals surface area contributed by atoms with Gasteiger partial charge in [0, 0.05) is 23.7 Å². The van der Waals surface area contributed by atoms with Crippen LogP contribution in [0.5, 0.6) is 5.75 Å². The number of nitriles is 1. The van der Waals surface area contributed by atoms with Crippen LogP contribution in [0, 0.1) is 11.3 Å². The molecule has 0 spiro atoms. The van der Waals surface area contributed by atoms with E-state index in [1.807, 2.05) is 0 Å². The highest BCUT2D eigenvalue weighted by Crippen LogP contribution is 2.36. The minimum Gasteiger partial charge on any atom is -0.508 e. The van der Waals surface area contributed by atoms with E-state index >= 15 is 0 Å². The fourth-order valence-electron chi connectivity index (χ4n) is 3.30. The maximum atomic E-state index is 13.3. The van der Waals surface area contributed by atoms with Crippen molar-refractivity contribution in [3.05, 3.63) is 64.7 Å². The predicted molar refractivity (Wildman–Crippen MR) is 111 cm³/mol. The quantitative estimate of drug-likeness (QED) is 0.753. The molecule has 1 aliphatic heterocycles. The molecule has 1 saturated heterocycles. The van der Waals surface area contributed by atoms with Crippen LogP contribution in [0.1, 0.15) is 10.4 Å². The maximum Gasteiger partial charge on any atom is 0.254 e. The molecule has 1 N–H and O–H groups in total. The van der Waals surface area contributed by atoms with E-state index in [9.17, 15) is 20.0 Å². The van der Waals surface area contributed by atoms with Gasteiger partial charge in [0.05, 0.1) is 23.2 Å². The highest BCUT2D eigenvalue weighted by molar-refractivity contribution is 6.34. The Morgan fingerprint density at radius 2 is 1.90 bits per heavy atom. The molecule has 1 aliphatic rings. The summed E-state index contributed by atoms with van der Waals surface area (Å²) in [7, 11) is 0. The van der Waals surface area contributed by atoms with Crippen LogP contribution in [-0.2, 0) is 4.79 Å². The van der Waals surface area contributed by atoms with E-state index in [0.717, 1.165) is 6.08 Å². The Kier molecular flexibility index (Phi) is 6.12. The lowest BCUT2D eigenvalue weighted by molar-refractivity contribution is -0.129. The number of phenols is 1. The Balaban J connectivity index is 1.97. The summed E-state index contributed by atoms with van der Waals surface area (Å²) < 4.78 is 0. The van der Waals surface area contributed by atoms with Crippen molar-refractivity contribution < 1.29 is 14.7 Å². The number of benzene rings is 2. The third-order valence-electron chi connectivity index (χ3n) is 4.71. The summed E-state index contributed by atoms with van der Waals surface area (Å²) >= 11 is 12.3. The van der Waals surface area contributed by atoms with E-state index in [0.29, 0.717) is 16.1 Å². The molecule has 0 bridgehead atoms. The predicted octanol–water partition coefficient (Wildman–Crippen LogP) is 3.73. The number of nitrogens with zero attached hydrogens (tertiary/aromatic N) is 3. The first kappa shape index (κ1) is 20.7. The number of piperazine rings is 1. The van der Waals surface area contributed by atoms with Crippen LogP contribution in [0.3, 0.4) is 0 Å². The number of hydrogen-bond acceptors (Lipinski definition) is 4. The number of aromatic hydroxyl groups is 1. The minimum absolute atomic E-state index is 0.0439. The van der Waals surface area contributed by atoms with Crippen LogP contribution < -0.4 is 0 Å². The summed E-state index contributed by atoms with van der Waals surface area (Å²) in [6, 6.07) is 10.8. The van der Waals surface area contributed by atoms with E-state index < -0.39 is 11.9 Å². The lowest BCUT2D eigenvalue weighted by atomic mass is 9.97. The smallest absolute Gasteiger partial charge is 0.254 e. The molecule has 2 amide bonds.